The van der Waals surface area contributed by atoms with Crippen LogP contribution in [-0.4, -0.2) is 61.2 Å². The van der Waals surface area contributed by atoms with Gasteiger partial charge in [0.1, 0.15) is 19.3 Å². The molecule has 162 valence electrons. The molecule has 30 heavy (non-hydrogen) atoms. The van der Waals surface area contributed by atoms with Gasteiger partial charge in [0, 0.05) is 20.8 Å². The van der Waals surface area contributed by atoms with E-state index in [0.717, 1.165) is 5.56 Å². The zero-order chi connectivity index (χ0) is 21.7. The molecule has 0 radical (unpaired) electrons. The average molecular weight is 421 g/mol. The Hall–Kier alpha value is -3.14. The van der Waals surface area contributed by atoms with Crippen molar-refractivity contribution in [3.05, 3.63) is 35.9 Å². The van der Waals surface area contributed by atoms with Gasteiger partial charge < -0.3 is 28.4 Å². The molecular weight excluding hydrogens is 398 g/mol. The lowest BCUT2D eigenvalue weighted by molar-refractivity contribution is -0.251. The summed E-state index contributed by atoms with van der Waals surface area (Å²) < 4.78 is 32.7. The van der Waals surface area contributed by atoms with Crippen molar-refractivity contribution in [2.75, 3.05) is 6.61 Å². The maximum absolute atomic E-state index is 11.7. The second-order valence-electron chi connectivity index (χ2n) is 6.77. The third-order valence-electron chi connectivity index (χ3n) is 4.35. The van der Waals surface area contributed by atoms with Crippen molar-refractivity contribution < 1.29 is 42.8 Å². The molecule has 3 rings (SSSR count). The summed E-state index contributed by atoms with van der Waals surface area (Å²) in [7, 11) is 0. The third-order valence-corrected chi connectivity index (χ3v) is 4.35. The van der Waals surface area contributed by atoms with E-state index in [1.807, 2.05) is 30.3 Å². The van der Waals surface area contributed by atoms with Gasteiger partial charge in [-0.1, -0.05) is 30.3 Å². The number of fused-ring (bicyclic) bond motifs is 1. The molecule has 0 spiro atoms. The first-order chi connectivity index (χ1) is 14.3. The number of aliphatic imine (C=N–C) groups is 1. The smallest absolute Gasteiger partial charge is 0.386 e. The largest absolute Gasteiger partial charge is 0.463 e. The molecule has 0 unspecified atom stereocenters. The van der Waals surface area contributed by atoms with E-state index in [0.29, 0.717) is 0 Å². The molecule has 1 aromatic carbocycles. The van der Waals surface area contributed by atoms with E-state index in [1.54, 1.807) is 0 Å². The summed E-state index contributed by atoms with van der Waals surface area (Å²) in [6, 6.07) is 8.58. The maximum atomic E-state index is 11.7. The molecule has 0 aliphatic carbocycles. The molecular formula is C20H23NO9. The van der Waals surface area contributed by atoms with Crippen molar-refractivity contribution in [2.24, 2.45) is 4.99 Å². The zero-order valence-electron chi connectivity index (χ0n) is 16.8. The lowest BCUT2D eigenvalue weighted by Crippen LogP contribution is -2.60. The Morgan fingerprint density at radius 1 is 0.967 bits per heavy atom. The topological polar surface area (TPSA) is 119 Å². The highest BCUT2D eigenvalue weighted by molar-refractivity contribution is 5.70. The van der Waals surface area contributed by atoms with Gasteiger partial charge in [-0.2, -0.15) is 0 Å². The minimum Gasteiger partial charge on any atom is -0.463 e. The third kappa shape index (κ3) is 5.47. The molecule has 1 saturated heterocycles. The molecule has 0 amide bonds. The molecule has 2 aliphatic rings. The van der Waals surface area contributed by atoms with Crippen molar-refractivity contribution in [1.82, 2.24) is 0 Å². The van der Waals surface area contributed by atoms with Crippen LogP contribution in [0.5, 0.6) is 0 Å². The summed E-state index contributed by atoms with van der Waals surface area (Å²) >= 11 is 0. The SMILES string of the molecule is CC(=O)OC[C@H]1O[C@@H]2OC(OCc3ccccc3)=N[C@@H]2[C@@H](OC(C)=O)[C@@H]1OC(C)=O. The minimum absolute atomic E-state index is 0.0410. The Bertz CT molecular complexity index is 810. The van der Waals surface area contributed by atoms with E-state index in [-0.39, 0.29) is 19.3 Å². The van der Waals surface area contributed by atoms with E-state index in [1.165, 1.54) is 20.8 Å². The van der Waals surface area contributed by atoms with Crippen LogP contribution in [0.2, 0.25) is 0 Å². The number of benzene rings is 1. The first-order valence-electron chi connectivity index (χ1n) is 9.38. The van der Waals surface area contributed by atoms with Crippen LogP contribution in [0.25, 0.3) is 0 Å². The van der Waals surface area contributed by atoms with E-state index >= 15 is 0 Å². The summed E-state index contributed by atoms with van der Waals surface area (Å²) in [5, 5.41) is 0. The monoisotopic (exact) mass is 421 g/mol. The maximum Gasteiger partial charge on any atom is 0.386 e. The summed E-state index contributed by atoms with van der Waals surface area (Å²) in [4.78, 5) is 38.9. The molecule has 1 fully saturated rings. The van der Waals surface area contributed by atoms with Crippen LogP contribution in [0.3, 0.4) is 0 Å². The van der Waals surface area contributed by atoms with Gasteiger partial charge in [0.2, 0.25) is 6.29 Å². The van der Waals surface area contributed by atoms with Crippen molar-refractivity contribution in [1.29, 1.82) is 0 Å². The lowest BCUT2D eigenvalue weighted by atomic mass is 9.97. The minimum atomic E-state index is -1.05. The highest BCUT2D eigenvalue weighted by atomic mass is 16.8. The fourth-order valence-electron chi connectivity index (χ4n) is 3.16. The van der Waals surface area contributed by atoms with E-state index < -0.39 is 48.6 Å². The average Bonchev–Trinajstić information content (AvgIpc) is 3.09. The van der Waals surface area contributed by atoms with Crippen LogP contribution in [0.15, 0.2) is 35.3 Å². The number of hydrogen-bond donors (Lipinski definition) is 0. The van der Waals surface area contributed by atoms with Gasteiger partial charge in [0.25, 0.3) is 0 Å². The summed E-state index contributed by atoms with van der Waals surface area (Å²) in [6.07, 6.45) is -3.99. The second kappa shape index (κ2) is 9.57. The summed E-state index contributed by atoms with van der Waals surface area (Å²) in [5.41, 5.74) is 0.904. The predicted octanol–water partition coefficient (Wildman–Crippen LogP) is 1.11. The molecule has 2 heterocycles. The number of rotatable bonds is 6. The Balaban J connectivity index is 1.78. The molecule has 0 aromatic heterocycles. The number of esters is 3. The molecule has 0 N–H and O–H groups in total. The van der Waals surface area contributed by atoms with Gasteiger partial charge in [-0.05, 0) is 5.56 Å². The van der Waals surface area contributed by atoms with Crippen molar-refractivity contribution >= 4 is 24.0 Å². The molecule has 10 heteroatoms. The molecule has 0 saturated carbocycles. The predicted molar refractivity (Wildman–Crippen MR) is 99.9 cm³/mol. The standard InChI is InChI=1S/C20H23NO9/c1-11(22)25-10-15-17(27-12(2)23)18(28-13(3)24)16-19(29-15)30-20(21-16)26-9-14-7-5-4-6-8-14/h4-8,15-19H,9-10H2,1-3H3/t15-,16-,17-,18-,19-/m1/s1. The first-order valence-corrected chi connectivity index (χ1v) is 9.38. The lowest BCUT2D eigenvalue weighted by Gasteiger charge is -2.40. The van der Waals surface area contributed by atoms with Crippen molar-refractivity contribution in [2.45, 2.75) is 58.0 Å². The summed E-state index contributed by atoms with van der Waals surface area (Å²) in [5.74, 6) is -1.75. The van der Waals surface area contributed by atoms with Crippen LogP contribution < -0.4 is 0 Å². The van der Waals surface area contributed by atoms with Gasteiger partial charge >= 0.3 is 24.0 Å². The first kappa shape index (κ1) is 21.6. The van der Waals surface area contributed by atoms with Gasteiger partial charge in [-0.25, -0.2) is 4.99 Å². The Morgan fingerprint density at radius 2 is 1.63 bits per heavy atom. The molecule has 2 aliphatic heterocycles. The highest BCUT2D eigenvalue weighted by Gasteiger charge is 2.54. The number of carbonyl (C=O) groups is 3. The van der Waals surface area contributed by atoms with Crippen LogP contribution in [0.4, 0.5) is 0 Å². The number of hydrogen-bond acceptors (Lipinski definition) is 10. The van der Waals surface area contributed by atoms with Crippen LogP contribution in [0.1, 0.15) is 26.3 Å². The van der Waals surface area contributed by atoms with Crippen LogP contribution >= 0.6 is 0 Å². The van der Waals surface area contributed by atoms with Gasteiger partial charge in [-0.3, -0.25) is 14.4 Å². The van der Waals surface area contributed by atoms with E-state index in [4.69, 9.17) is 28.4 Å². The van der Waals surface area contributed by atoms with Crippen LogP contribution in [-0.2, 0) is 49.4 Å². The van der Waals surface area contributed by atoms with Crippen LogP contribution in [0, 0.1) is 0 Å². The Labute approximate surface area is 173 Å². The normalized spacial score (nSPS) is 27.2. The van der Waals surface area contributed by atoms with Crippen molar-refractivity contribution in [3.63, 3.8) is 0 Å². The molecule has 1 aromatic rings. The number of carbonyl (C=O) groups excluding carboxylic acids is 3. The fourth-order valence-corrected chi connectivity index (χ4v) is 3.16. The fraction of sp³-hybridized carbons (Fsp3) is 0.500. The van der Waals surface area contributed by atoms with Gasteiger partial charge in [0.15, 0.2) is 18.2 Å². The number of ether oxygens (including phenoxy) is 6. The zero-order valence-corrected chi connectivity index (χ0v) is 16.8. The van der Waals surface area contributed by atoms with E-state index in [9.17, 15) is 14.4 Å². The second-order valence-corrected chi connectivity index (χ2v) is 6.77. The molecule has 10 nitrogen and oxygen atoms in total. The van der Waals surface area contributed by atoms with Crippen molar-refractivity contribution in [3.8, 4) is 0 Å². The molecule has 0 bridgehead atoms. The molecule has 5 atom stereocenters. The van der Waals surface area contributed by atoms with Gasteiger partial charge in [-0.15, -0.1) is 0 Å². The highest BCUT2D eigenvalue weighted by Crippen LogP contribution is 2.33. The summed E-state index contributed by atoms with van der Waals surface area (Å²) in [6.45, 7) is 3.66. The number of nitrogens with zero attached hydrogens (tertiary/aromatic N) is 1. The Kier molecular flexibility index (Phi) is 6.88. The Morgan fingerprint density at radius 3 is 2.27 bits per heavy atom. The van der Waals surface area contributed by atoms with E-state index in [2.05, 4.69) is 4.99 Å². The quantitative estimate of drug-likeness (QED) is 0.491. The van der Waals surface area contributed by atoms with Gasteiger partial charge in [0.05, 0.1) is 0 Å².